The van der Waals surface area contributed by atoms with E-state index in [1.807, 2.05) is 36.5 Å². The molecule has 0 aliphatic carbocycles. The molecule has 0 aromatic heterocycles. The third kappa shape index (κ3) is 37.0. The third-order valence-corrected chi connectivity index (χ3v) is 13.7. The molecule has 0 saturated carbocycles. The smallest absolute Gasteiger partial charge is 0.744 e. The molecule has 0 amide bonds. The van der Waals surface area contributed by atoms with Gasteiger partial charge in [-0.1, -0.05) is 179 Å². The molecule has 0 spiro atoms. The van der Waals surface area contributed by atoms with Crippen molar-refractivity contribution in [2.75, 3.05) is 26.4 Å². The Morgan fingerprint density at radius 2 is 0.571 bits per heavy atom. The van der Waals surface area contributed by atoms with Crippen LogP contribution in [0.3, 0.4) is 0 Å². The zero-order chi connectivity index (χ0) is 56.1. The number of carbonyl (C=O) groups excluding carboxylic acids is 4. The van der Waals surface area contributed by atoms with E-state index in [4.69, 9.17) is 18.9 Å². The molecule has 428 valence electrons. The maximum absolute atomic E-state index is 12.7. The van der Waals surface area contributed by atoms with Gasteiger partial charge in [-0.2, -0.15) is 0 Å². The summed E-state index contributed by atoms with van der Waals surface area (Å²) in [6.07, 6.45) is 46.0. The molecule has 0 fully saturated rings. The van der Waals surface area contributed by atoms with Gasteiger partial charge in [0.1, 0.15) is 20.2 Å². The summed E-state index contributed by atoms with van der Waals surface area (Å²) in [7, 11) is -9.63. The molecule has 77 heavy (non-hydrogen) atoms. The molecule has 2 aromatic rings. The number of rotatable bonds is 42. The summed E-state index contributed by atoms with van der Waals surface area (Å²) in [6.45, 7) is 9.09. The van der Waals surface area contributed by atoms with Gasteiger partial charge < -0.3 is 28.1 Å². The number of ether oxygens (including phenoxy) is 4. The Morgan fingerprint density at radius 3 is 0.805 bits per heavy atom. The monoisotopic (exact) mass is 1140 g/mol. The topological polar surface area (TPSA) is 220 Å². The zero-order valence-electron chi connectivity index (χ0n) is 46.9. The van der Waals surface area contributed by atoms with Gasteiger partial charge in [0.2, 0.25) is 0 Å². The van der Waals surface area contributed by atoms with Crippen molar-refractivity contribution in [3.63, 3.8) is 0 Å². The van der Waals surface area contributed by atoms with Crippen molar-refractivity contribution in [3.8, 4) is 0 Å². The van der Waals surface area contributed by atoms with Crippen molar-refractivity contribution < 1.29 is 64.1 Å². The molecule has 2 aromatic carbocycles. The van der Waals surface area contributed by atoms with E-state index in [0.29, 0.717) is 25.7 Å². The van der Waals surface area contributed by atoms with Gasteiger partial charge in [0.25, 0.3) is 0 Å². The van der Waals surface area contributed by atoms with Crippen LogP contribution in [-0.2, 0) is 39.2 Å². The van der Waals surface area contributed by atoms with E-state index < -0.39 is 53.9 Å². The molecular weight excluding hydrogens is 1050 g/mol. The van der Waals surface area contributed by atoms with E-state index >= 15 is 0 Å². The summed E-state index contributed by atoms with van der Waals surface area (Å²) in [5.41, 5.74) is -0.862. The second-order valence-electron chi connectivity index (χ2n) is 18.7. The molecule has 0 atom stereocenters. The van der Waals surface area contributed by atoms with Crippen LogP contribution in [0, 0.1) is 0 Å². The largest absolute Gasteiger partial charge is 2.00 e. The Kier molecular flexibility index (Phi) is 45.0. The summed E-state index contributed by atoms with van der Waals surface area (Å²) in [4.78, 5) is 49.4. The standard InChI is InChI=1S/2C30H46O7S.Ca/c2*1-3-5-7-9-11-13-15-17-19-23-36-29(31)27-22-21-26(38(33,34)35)25-28(27)30(32)37-24-20-18-16-14-12-10-8-6-4-2;/h2*15-18,21-22,25H,3-14,19-20,23-24H2,1-2H3,(H,33,34,35);/q;;+2/p-2/b2*17-15+,18-16+;. The summed E-state index contributed by atoms with van der Waals surface area (Å²) < 4.78 is 89.8. The molecule has 0 aliphatic heterocycles. The Morgan fingerprint density at radius 1 is 0.351 bits per heavy atom. The summed E-state index contributed by atoms with van der Waals surface area (Å²) >= 11 is 0. The number of unbranched alkanes of at least 4 members (excludes halogenated alkanes) is 20. The number of hydrogen-bond acceptors (Lipinski definition) is 14. The second-order valence-corrected chi connectivity index (χ2v) is 21.5. The molecular formula is C60H90CaO14S2. The number of benzene rings is 2. The van der Waals surface area contributed by atoms with E-state index in [1.54, 1.807) is 0 Å². The average molecular weight is 1140 g/mol. The third-order valence-electron chi connectivity index (χ3n) is 12.1. The van der Waals surface area contributed by atoms with Crippen molar-refractivity contribution in [2.24, 2.45) is 0 Å². The van der Waals surface area contributed by atoms with Crippen LogP contribution in [0.2, 0.25) is 0 Å². The number of allylic oxidation sites excluding steroid dienone is 4. The Hall–Kier alpha value is -3.64. The average Bonchev–Trinajstić information content (AvgIpc) is 3.39. The van der Waals surface area contributed by atoms with Crippen LogP contribution in [0.4, 0.5) is 0 Å². The van der Waals surface area contributed by atoms with Gasteiger partial charge >= 0.3 is 61.6 Å². The molecule has 2 rings (SSSR count). The SMILES string of the molecule is CCCCCCC/C=C/CCOC(=O)c1ccc(S(=O)(=O)[O-])cc1C(=O)OCC/C=C/CCCCCCC.CCCCCCC/C=C/CCOC(=O)c1ccc(S(=O)(=O)[O-])cc1C(=O)OCC/C=C/CCCCCCC.[Ca+2]. The maximum Gasteiger partial charge on any atom is 2.00 e. The van der Waals surface area contributed by atoms with E-state index in [2.05, 4.69) is 39.8 Å². The Balaban J connectivity index is 0.00000148. The molecule has 0 bridgehead atoms. The minimum absolute atomic E-state index is 0. The molecule has 0 N–H and O–H groups in total. The van der Waals surface area contributed by atoms with Crippen LogP contribution in [0.15, 0.2) is 94.8 Å². The number of carbonyl (C=O) groups is 4. The summed E-state index contributed by atoms with van der Waals surface area (Å²) in [6, 6.07) is 6.00. The second kappa shape index (κ2) is 47.2. The first-order valence-electron chi connectivity index (χ1n) is 28.1. The predicted octanol–water partition coefficient (Wildman–Crippen LogP) is 14.7. The van der Waals surface area contributed by atoms with E-state index in [0.717, 1.165) is 87.8 Å². The molecule has 14 nitrogen and oxygen atoms in total. The van der Waals surface area contributed by atoms with Gasteiger partial charge in [-0.15, -0.1) is 0 Å². The van der Waals surface area contributed by atoms with Gasteiger partial charge in [-0.05, 0) is 113 Å². The van der Waals surface area contributed by atoms with Crippen molar-refractivity contribution in [1.82, 2.24) is 0 Å². The van der Waals surface area contributed by atoms with Crippen molar-refractivity contribution in [1.29, 1.82) is 0 Å². The number of esters is 4. The van der Waals surface area contributed by atoms with Crippen LogP contribution < -0.4 is 0 Å². The van der Waals surface area contributed by atoms with E-state index in [-0.39, 0.29) is 86.4 Å². The fourth-order valence-corrected chi connectivity index (χ4v) is 8.64. The minimum atomic E-state index is -4.81. The molecule has 0 saturated heterocycles. The van der Waals surface area contributed by atoms with Crippen molar-refractivity contribution in [3.05, 3.63) is 107 Å². The van der Waals surface area contributed by atoms with Gasteiger partial charge in [-0.3, -0.25) is 0 Å². The summed E-state index contributed by atoms with van der Waals surface area (Å²) in [5.74, 6) is -3.30. The van der Waals surface area contributed by atoms with Gasteiger partial charge in [0, 0.05) is 0 Å². The van der Waals surface area contributed by atoms with Gasteiger partial charge in [0.05, 0.1) is 58.5 Å². The minimum Gasteiger partial charge on any atom is -0.744 e. The number of hydrogen-bond donors (Lipinski definition) is 0. The van der Waals surface area contributed by atoms with Crippen LogP contribution in [0.1, 0.15) is 249 Å². The van der Waals surface area contributed by atoms with E-state index in [9.17, 15) is 45.1 Å². The molecule has 0 unspecified atom stereocenters. The van der Waals surface area contributed by atoms with Crippen LogP contribution in [-0.4, -0.2) is 114 Å². The normalized spacial score (nSPS) is 11.7. The first-order valence-corrected chi connectivity index (χ1v) is 30.9. The zero-order valence-corrected chi connectivity index (χ0v) is 50.8. The van der Waals surface area contributed by atoms with Gasteiger partial charge in [0.15, 0.2) is 0 Å². The fourth-order valence-electron chi connectivity index (χ4n) is 7.65. The first-order chi connectivity index (χ1) is 36.6. The van der Waals surface area contributed by atoms with Crippen molar-refractivity contribution >= 4 is 81.9 Å². The molecule has 0 heterocycles. The molecule has 0 aliphatic rings. The quantitative estimate of drug-likeness (QED) is 0.0151. The summed E-state index contributed by atoms with van der Waals surface area (Å²) in [5, 5.41) is 0. The Labute approximate surface area is 493 Å². The Bertz CT molecular complexity index is 2130. The fraction of sp³-hybridized carbons (Fsp3) is 0.600. The maximum atomic E-state index is 12.7. The van der Waals surface area contributed by atoms with Crippen molar-refractivity contribution in [2.45, 2.75) is 217 Å². The van der Waals surface area contributed by atoms with E-state index in [1.165, 1.54) is 103 Å². The van der Waals surface area contributed by atoms with Crippen LogP contribution in [0.25, 0.3) is 0 Å². The van der Waals surface area contributed by atoms with Gasteiger partial charge in [-0.25, -0.2) is 36.0 Å². The van der Waals surface area contributed by atoms with Crippen LogP contribution >= 0.6 is 0 Å². The first kappa shape index (κ1) is 73.4. The predicted molar refractivity (Wildman–Crippen MR) is 304 cm³/mol. The van der Waals surface area contributed by atoms with Crippen LogP contribution in [0.5, 0.6) is 0 Å². The molecule has 0 radical (unpaired) electrons. The molecule has 17 heteroatoms.